The molecule has 0 aromatic carbocycles. The first-order valence-corrected chi connectivity index (χ1v) is 6.81. The summed E-state index contributed by atoms with van der Waals surface area (Å²) in [5.41, 5.74) is 4.24. The Bertz CT molecular complexity index is 321. The molecule has 1 saturated heterocycles. The van der Waals surface area contributed by atoms with Crippen molar-refractivity contribution in [2.45, 2.75) is 44.8 Å². The van der Waals surface area contributed by atoms with Crippen molar-refractivity contribution in [3.63, 3.8) is 0 Å². The average molecular weight is 240 g/mol. The lowest BCUT2D eigenvalue weighted by atomic mass is 9.97. The third-order valence-electron chi connectivity index (χ3n) is 3.25. The number of ether oxygens (including phenoxy) is 1. The molecule has 4 heteroatoms. The van der Waals surface area contributed by atoms with Crippen LogP contribution in [0.3, 0.4) is 0 Å². The summed E-state index contributed by atoms with van der Waals surface area (Å²) < 4.78 is 5.76. The van der Waals surface area contributed by atoms with Crippen molar-refractivity contribution >= 4 is 11.3 Å². The second-order valence-corrected chi connectivity index (χ2v) is 5.50. The summed E-state index contributed by atoms with van der Waals surface area (Å²) in [6.07, 6.45) is 5.00. The summed E-state index contributed by atoms with van der Waals surface area (Å²) in [5, 5.41) is 2.12. The number of thiophene rings is 1. The number of nitrogens with two attached hydrogens (primary N) is 1. The molecule has 0 aliphatic carbocycles. The monoisotopic (exact) mass is 240 g/mol. The maximum Gasteiger partial charge on any atom is 0.0593 e. The maximum absolute atomic E-state index is 5.76. The molecule has 1 aliphatic rings. The largest absolute Gasteiger partial charge is 0.378 e. The van der Waals surface area contributed by atoms with E-state index in [0.717, 1.165) is 13.0 Å². The van der Waals surface area contributed by atoms with Gasteiger partial charge in [-0.25, -0.2) is 0 Å². The number of nitrogens with one attached hydrogen (secondary N) is 1. The summed E-state index contributed by atoms with van der Waals surface area (Å²) in [6, 6.07) is 2.39. The van der Waals surface area contributed by atoms with Crippen molar-refractivity contribution < 1.29 is 4.74 Å². The highest BCUT2D eigenvalue weighted by Crippen LogP contribution is 2.28. The van der Waals surface area contributed by atoms with E-state index in [-0.39, 0.29) is 6.04 Å². The SMILES string of the molecule is Cc1sccc1C(CC1CCCCO1)NN. The Hall–Kier alpha value is -0.420. The number of rotatable bonds is 4. The van der Waals surface area contributed by atoms with Crippen LogP contribution in [0.15, 0.2) is 11.4 Å². The molecule has 0 spiro atoms. The molecule has 1 aromatic heterocycles. The van der Waals surface area contributed by atoms with Crippen molar-refractivity contribution in [2.24, 2.45) is 5.84 Å². The van der Waals surface area contributed by atoms with Crippen LogP contribution in [0.2, 0.25) is 0 Å². The van der Waals surface area contributed by atoms with Crippen molar-refractivity contribution in [1.29, 1.82) is 0 Å². The van der Waals surface area contributed by atoms with Gasteiger partial charge in [0.1, 0.15) is 0 Å². The molecule has 0 amide bonds. The zero-order valence-corrected chi connectivity index (χ0v) is 10.6. The molecular weight excluding hydrogens is 220 g/mol. The van der Waals surface area contributed by atoms with Gasteiger partial charge in [0.05, 0.1) is 6.10 Å². The molecule has 0 bridgehead atoms. The third-order valence-corrected chi connectivity index (χ3v) is 4.11. The fourth-order valence-corrected chi connectivity index (χ4v) is 3.06. The standard InChI is InChI=1S/C12H20N2OS/c1-9-11(5-7-16-9)12(14-13)8-10-4-2-3-6-15-10/h5,7,10,12,14H,2-4,6,8,13H2,1H3. The molecule has 0 saturated carbocycles. The molecule has 1 aliphatic heterocycles. The molecule has 2 unspecified atom stereocenters. The fraction of sp³-hybridized carbons (Fsp3) is 0.667. The van der Waals surface area contributed by atoms with Gasteiger partial charge in [0, 0.05) is 17.5 Å². The Morgan fingerprint density at radius 1 is 1.62 bits per heavy atom. The van der Waals surface area contributed by atoms with Gasteiger partial charge in [0.15, 0.2) is 0 Å². The van der Waals surface area contributed by atoms with Gasteiger partial charge in [-0.15, -0.1) is 11.3 Å². The molecule has 0 radical (unpaired) electrons. The zero-order chi connectivity index (χ0) is 11.4. The normalized spacial score (nSPS) is 23.2. The molecular formula is C12H20N2OS. The van der Waals surface area contributed by atoms with Gasteiger partial charge in [-0.2, -0.15) is 0 Å². The van der Waals surface area contributed by atoms with Crippen molar-refractivity contribution in [2.75, 3.05) is 6.61 Å². The molecule has 2 atom stereocenters. The highest BCUT2D eigenvalue weighted by atomic mass is 32.1. The van der Waals surface area contributed by atoms with Crippen LogP contribution in [-0.4, -0.2) is 12.7 Å². The summed E-state index contributed by atoms with van der Waals surface area (Å²) in [7, 11) is 0. The van der Waals surface area contributed by atoms with Crippen LogP contribution in [0.4, 0.5) is 0 Å². The molecule has 3 N–H and O–H groups in total. The van der Waals surface area contributed by atoms with Crippen LogP contribution in [0, 0.1) is 6.92 Å². The van der Waals surface area contributed by atoms with Gasteiger partial charge in [-0.1, -0.05) is 0 Å². The number of hydrogen-bond donors (Lipinski definition) is 2. The van der Waals surface area contributed by atoms with E-state index in [2.05, 4.69) is 23.8 Å². The van der Waals surface area contributed by atoms with Gasteiger partial charge >= 0.3 is 0 Å². The first-order valence-electron chi connectivity index (χ1n) is 5.93. The van der Waals surface area contributed by atoms with Crippen LogP contribution in [0.25, 0.3) is 0 Å². The second-order valence-electron chi connectivity index (χ2n) is 4.38. The van der Waals surface area contributed by atoms with E-state index in [1.165, 1.54) is 29.7 Å². The van der Waals surface area contributed by atoms with Gasteiger partial charge in [0.2, 0.25) is 0 Å². The first-order chi connectivity index (χ1) is 7.81. The second kappa shape index (κ2) is 5.77. The first kappa shape index (κ1) is 12.0. The van der Waals surface area contributed by atoms with Crippen molar-refractivity contribution in [1.82, 2.24) is 5.43 Å². The predicted molar refractivity (Wildman–Crippen MR) is 67.3 cm³/mol. The molecule has 16 heavy (non-hydrogen) atoms. The summed E-state index contributed by atoms with van der Waals surface area (Å²) in [5.74, 6) is 5.65. The summed E-state index contributed by atoms with van der Waals surface area (Å²) in [6.45, 7) is 3.05. The molecule has 1 fully saturated rings. The van der Waals surface area contributed by atoms with E-state index >= 15 is 0 Å². The fourth-order valence-electron chi connectivity index (χ4n) is 2.30. The Kier molecular flexibility index (Phi) is 4.35. The van der Waals surface area contributed by atoms with E-state index in [0.29, 0.717) is 6.10 Å². The number of hydrazine groups is 1. The van der Waals surface area contributed by atoms with Crippen LogP contribution in [-0.2, 0) is 4.74 Å². The Morgan fingerprint density at radius 3 is 3.06 bits per heavy atom. The summed E-state index contributed by atoms with van der Waals surface area (Å²) >= 11 is 1.77. The van der Waals surface area contributed by atoms with E-state index in [9.17, 15) is 0 Å². The summed E-state index contributed by atoms with van der Waals surface area (Å²) in [4.78, 5) is 1.35. The van der Waals surface area contributed by atoms with E-state index < -0.39 is 0 Å². The van der Waals surface area contributed by atoms with Gasteiger partial charge in [0.25, 0.3) is 0 Å². The Balaban J connectivity index is 1.97. The van der Waals surface area contributed by atoms with Crippen LogP contribution in [0.1, 0.15) is 42.2 Å². The van der Waals surface area contributed by atoms with Crippen LogP contribution in [0.5, 0.6) is 0 Å². The minimum absolute atomic E-state index is 0.231. The number of hydrogen-bond acceptors (Lipinski definition) is 4. The molecule has 90 valence electrons. The lowest BCUT2D eigenvalue weighted by Gasteiger charge is -2.26. The van der Waals surface area contributed by atoms with Gasteiger partial charge in [-0.05, 0) is 49.6 Å². The molecule has 3 nitrogen and oxygen atoms in total. The van der Waals surface area contributed by atoms with Crippen molar-refractivity contribution in [3.05, 3.63) is 21.9 Å². The highest BCUT2D eigenvalue weighted by Gasteiger charge is 2.21. The molecule has 2 rings (SSSR count). The lowest BCUT2D eigenvalue weighted by molar-refractivity contribution is 0.00502. The van der Waals surface area contributed by atoms with Crippen molar-refractivity contribution in [3.8, 4) is 0 Å². The minimum Gasteiger partial charge on any atom is -0.378 e. The quantitative estimate of drug-likeness (QED) is 0.628. The third kappa shape index (κ3) is 2.83. The van der Waals surface area contributed by atoms with E-state index in [4.69, 9.17) is 10.6 Å². The number of aryl methyl sites for hydroxylation is 1. The van der Waals surface area contributed by atoms with E-state index in [1.54, 1.807) is 11.3 Å². The zero-order valence-electron chi connectivity index (χ0n) is 9.74. The topological polar surface area (TPSA) is 47.3 Å². The average Bonchev–Trinajstić information content (AvgIpc) is 2.74. The maximum atomic E-state index is 5.76. The lowest BCUT2D eigenvalue weighted by Crippen LogP contribution is -2.33. The minimum atomic E-state index is 0.231. The van der Waals surface area contributed by atoms with Crippen LogP contribution < -0.4 is 11.3 Å². The molecule has 1 aromatic rings. The smallest absolute Gasteiger partial charge is 0.0593 e. The highest BCUT2D eigenvalue weighted by molar-refractivity contribution is 7.10. The Morgan fingerprint density at radius 2 is 2.50 bits per heavy atom. The predicted octanol–water partition coefficient (Wildman–Crippen LogP) is 2.52. The Labute approximate surface area is 101 Å². The van der Waals surface area contributed by atoms with E-state index in [1.807, 2.05) is 0 Å². The van der Waals surface area contributed by atoms with Gasteiger partial charge in [-0.3, -0.25) is 11.3 Å². The van der Waals surface area contributed by atoms with Crippen LogP contribution >= 0.6 is 11.3 Å². The van der Waals surface area contributed by atoms with Gasteiger partial charge < -0.3 is 4.74 Å². The molecule has 2 heterocycles.